The molecule has 1 heterocycles. The first-order valence-corrected chi connectivity index (χ1v) is 8.47. The van der Waals surface area contributed by atoms with Crippen LogP contribution in [0.1, 0.15) is 44.6 Å². The fourth-order valence-electron chi connectivity index (χ4n) is 2.72. The minimum absolute atomic E-state index is 0.157. The summed E-state index contributed by atoms with van der Waals surface area (Å²) in [4.78, 5) is 11.9. The lowest BCUT2D eigenvalue weighted by Crippen LogP contribution is -2.29. The van der Waals surface area contributed by atoms with Crippen LogP contribution in [0.25, 0.3) is 0 Å². The van der Waals surface area contributed by atoms with Crippen molar-refractivity contribution >= 4 is 5.91 Å². The number of benzene rings is 1. The lowest BCUT2D eigenvalue weighted by atomic mass is 9.93. The van der Waals surface area contributed by atoms with E-state index in [2.05, 4.69) is 17.6 Å². The standard InChI is InChI=1S/C18H28N2O2/c1-2-13-22-17-6-3-16(4-7-17)14-20-18(21)8-5-15-9-11-19-12-10-15/h3-4,6-7,15,19H,2,5,8-14H2,1H3,(H,20,21). The zero-order valence-corrected chi connectivity index (χ0v) is 13.6. The molecule has 122 valence electrons. The van der Waals surface area contributed by atoms with E-state index in [9.17, 15) is 4.79 Å². The lowest BCUT2D eigenvalue weighted by molar-refractivity contribution is -0.121. The van der Waals surface area contributed by atoms with Crippen LogP contribution in [0.2, 0.25) is 0 Å². The molecule has 4 heteroatoms. The molecule has 1 amide bonds. The maximum atomic E-state index is 11.9. The maximum Gasteiger partial charge on any atom is 0.220 e. The molecule has 0 spiro atoms. The van der Waals surface area contributed by atoms with Crippen molar-refractivity contribution in [3.63, 3.8) is 0 Å². The highest BCUT2D eigenvalue weighted by atomic mass is 16.5. The minimum Gasteiger partial charge on any atom is -0.494 e. The van der Waals surface area contributed by atoms with Gasteiger partial charge in [0.25, 0.3) is 0 Å². The van der Waals surface area contributed by atoms with Gasteiger partial charge in [-0.1, -0.05) is 19.1 Å². The lowest BCUT2D eigenvalue weighted by Gasteiger charge is -2.22. The van der Waals surface area contributed by atoms with Gasteiger partial charge in [-0.15, -0.1) is 0 Å². The van der Waals surface area contributed by atoms with E-state index in [0.717, 1.165) is 43.9 Å². The smallest absolute Gasteiger partial charge is 0.220 e. The van der Waals surface area contributed by atoms with E-state index in [0.29, 0.717) is 18.9 Å². The number of carbonyl (C=O) groups excluding carboxylic acids is 1. The second-order valence-corrected chi connectivity index (χ2v) is 6.00. The van der Waals surface area contributed by atoms with Crippen molar-refractivity contribution in [2.24, 2.45) is 5.92 Å². The summed E-state index contributed by atoms with van der Waals surface area (Å²) in [6.07, 6.45) is 5.06. The van der Waals surface area contributed by atoms with Crippen molar-refractivity contribution in [3.05, 3.63) is 29.8 Å². The van der Waals surface area contributed by atoms with Crippen LogP contribution >= 0.6 is 0 Å². The number of nitrogens with one attached hydrogen (secondary N) is 2. The average molecular weight is 304 g/mol. The van der Waals surface area contributed by atoms with Crippen molar-refractivity contribution in [2.75, 3.05) is 19.7 Å². The first-order valence-electron chi connectivity index (χ1n) is 8.47. The number of hydrogen-bond acceptors (Lipinski definition) is 3. The van der Waals surface area contributed by atoms with Gasteiger partial charge in [0, 0.05) is 13.0 Å². The molecule has 2 rings (SSSR count). The minimum atomic E-state index is 0.157. The van der Waals surface area contributed by atoms with E-state index in [1.165, 1.54) is 12.8 Å². The molecule has 0 aliphatic carbocycles. The Morgan fingerprint density at radius 3 is 2.68 bits per heavy atom. The SMILES string of the molecule is CCCOc1ccc(CNC(=O)CCC2CCNCC2)cc1. The van der Waals surface area contributed by atoms with Crippen LogP contribution in [0.3, 0.4) is 0 Å². The van der Waals surface area contributed by atoms with Crippen LogP contribution < -0.4 is 15.4 Å². The molecule has 2 N–H and O–H groups in total. The second-order valence-electron chi connectivity index (χ2n) is 6.00. The van der Waals surface area contributed by atoms with Gasteiger partial charge in [-0.05, 0) is 62.4 Å². The first kappa shape index (κ1) is 16.8. The number of piperidine rings is 1. The summed E-state index contributed by atoms with van der Waals surface area (Å²) in [6.45, 7) is 5.62. The molecule has 0 unspecified atom stereocenters. The number of ether oxygens (including phenoxy) is 1. The van der Waals surface area contributed by atoms with Crippen LogP contribution in [0.15, 0.2) is 24.3 Å². The van der Waals surface area contributed by atoms with Crippen molar-refractivity contribution in [3.8, 4) is 5.75 Å². The highest BCUT2D eigenvalue weighted by Gasteiger charge is 2.14. The summed E-state index contributed by atoms with van der Waals surface area (Å²) < 4.78 is 5.55. The number of hydrogen-bond donors (Lipinski definition) is 2. The molecular formula is C18H28N2O2. The van der Waals surface area contributed by atoms with Gasteiger partial charge in [0.05, 0.1) is 6.61 Å². The van der Waals surface area contributed by atoms with Gasteiger partial charge in [-0.25, -0.2) is 0 Å². The Labute approximate surface area is 133 Å². The van der Waals surface area contributed by atoms with Crippen LogP contribution in [-0.2, 0) is 11.3 Å². The van der Waals surface area contributed by atoms with E-state index in [-0.39, 0.29) is 5.91 Å². The Balaban J connectivity index is 1.64. The molecule has 0 saturated carbocycles. The number of amides is 1. The average Bonchev–Trinajstić information content (AvgIpc) is 2.58. The molecule has 1 aliphatic rings. The molecule has 1 aliphatic heterocycles. The molecule has 1 aromatic carbocycles. The van der Waals surface area contributed by atoms with Gasteiger partial charge in [0.15, 0.2) is 0 Å². The zero-order chi connectivity index (χ0) is 15.6. The van der Waals surface area contributed by atoms with Crippen LogP contribution in [0.5, 0.6) is 5.75 Å². The van der Waals surface area contributed by atoms with Gasteiger partial charge >= 0.3 is 0 Å². The second kappa shape index (κ2) is 9.46. The fourth-order valence-corrected chi connectivity index (χ4v) is 2.72. The number of rotatable bonds is 8. The molecule has 22 heavy (non-hydrogen) atoms. The molecule has 0 radical (unpaired) electrons. The van der Waals surface area contributed by atoms with E-state index in [4.69, 9.17) is 4.74 Å². The van der Waals surface area contributed by atoms with Crippen molar-refractivity contribution in [1.82, 2.24) is 10.6 Å². The molecule has 1 aromatic rings. The normalized spacial score (nSPS) is 15.5. The van der Waals surface area contributed by atoms with Gasteiger partial charge in [0.1, 0.15) is 5.75 Å². The third-order valence-corrected chi connectivity index (χ3v) is 4.12. The van der Waals surface area contributed by atoms with Crippen molar-refractivity contribution in [2.45, 2.75) is 45.6 Å². The van der Waals surface area contributed by atoms with E-state index >= 15 is 0 Å². The van der Waals surface area contributed by atoms with E-state index in [1.807, 2.05) is 24.3 Å². The van der Waals surface area contributed by atoms with E-state index < -0.39 is 0 Å². The van der Waals surface area contributed by atoms with Gasteiger partial charge < -0.3 is 15.4 Å². The Kier molecular flexibility index (Phi) is 7.23. The molecule has 0 atom stereocenters. The predicted molar refractivity (Wildman–Crippen MR) is 88.9 cm³/mol. The van der Waals surface area contributed by atoms with Crippen molar-refractivity contribution in [1.29, 1.82) is 0 Å². The summed E-state index contributed by atoms with van der Waals surface area (Å²) in [5, 5.41) is 6.36. The topological polar surface area (TPSA) is 50.4 Å². The predicted octanol–water partition coefficient (Wildman–Crippen LogP) is 2.87. The highest BCUT2D eigenvalue weighted by molar-refractivity contribution is 5.75. The summed E-state index contributed by atoms with van der Waals surface area (Å²) in [5.74, 6) is 1.76. The van der Waals surface area contributed by atoms with E-state index in [1.54, 1.807) is 0 Å². The van der Waals surface area contributed by atoms with Crippen LogP contribution in [-0.4, -0.2) is 25.6 Å². The summed E-state index contributed by atoms with van der Waals surface area (Å²) in [6, 6.07) is 7.95. The van der Waals surface area contributed by atoms with Gasteiger partial charge in [-0.2, -0.15) is 0 Å². The van der Waals surface area contributed by atoms with Gasteiger partial charge in [0.2, 0.25) is 5.91 Å². The Bertz CT molecular complexity index is 439. The fraction of sp³-hybridized carbons (Fsp3) is 0.611. The Morgan fingerprint density at radius 2 is 2.00 bits per heavy atom. The van der Waals surface area contributed by atoms with Crippen LogP contribution in [0, 0.1) is 5.92 Å². The molecule has 1 saturated heterocycles. The van der Waals surface area contributed by atoms with Crippen molar-refractivity contribution < 1.29 is 9.53 Å². The Morgan fingerprint density at radius 1 is 1.27 bits per heavy atom. The quantitative estimate of drug-likeness (QED) is 0.776. The zero-order valence-electron chi connectivity index (χ0n) is 13.6. The third-order valence-electron chi connectivity index (χ3n) is 4.12. The summed E-state index contributed by atoms with van der Waals surface area (Å²) >= 11 is 0. The Hall–Kier alpha value is -1.55. The number of carbonyl (C=O) groups is 1. The third kappa shape index (κ3) is 6.06. The molecule has 4 nitrogen and oxygen atoms in total. The molecule has 0 aromatic heterocycles. The molecular weight excluding hydrogens is 276 g/mol. The molecule has 0 bridgehead atoms. The maximum absolute atomic E-state index is 11.9. The van der Waals surface area contributed by atoms with Crippen LogP contribution in [0.4, 0.5) is 0 Å². The summed E-state index contributed by atoms with van der Waals surface area (Å²) in [7, 11) is 0. The largest absolute Gasteiger partial charge is 0.494 e. The summed E-state index contributed by atoms with van der Waals surface area (Å²) in [5.41, 5.74) is 1.11. The molecule has 1 fully saturated rings. The monoisotopic (exact) mass is 304 g/mol. The first-order chi connectivity index (χ1) is 10.8. The highest BCUT2D eigenvalue weighted by Crippen LogP contribution is 2.17. The van der Waals surface area contributed by atoms with Gasteiger partial charge in [-0.3, -0.25) is 4.79 Å².